The molecule has 0 aliphatic rings. The molecule has 0 radical (unpaired) electrons. The highest BCUT2D eigenvalue weighted by Gasteiger charge is 2.42. The first-order valence-corrected chi connectivity index (χ1v) is 7.61. The molecule has 0 aliphatic carbocycles. The summed E-state index contributed by atoms with van der Waals surface area (Å²) >= 11 is 5.19. The van der Waals surface area contributed by atoms with Crippen molar-refractivity contribution in [3.8, 4) is 0 Å². The molecule has 0 aromatic rings. The van der Waals surface area contributed by atoms with E-state index in [0.717, 1.165) is 19.3 Å². The summed E-state index contributed by atoms with van der Waals surface area (Å²) in [7, 11) is 0. The number of nitrogens with two attached hydrogens (primary N) is 1. The lowest BCUT2D eigenvalue weighted by Gasteiger charge is -2.36. The van der Waals surface area contributed by atoms with Crippen LogP contribution in [0.25, 0.3) is 0 Å². The molecular weight excluding hydrogens is 260 g/mol. The molecule has 19 heavy (non-hydrogen) atoms. The zero-order chi connectivity index (χ0) is 14.9. The molecule has 0 aromatic carbocycles. The average Bonchev–Trinajstić information content (AvgIpc) is 2.37. The molecule has 0 fully saturated rings. The molecule has 0 aromatic heterocycles. The van der Waals surface area contributed by atoms with Gasteiger partial charge in [-0.2, -0.15) is 0 Å². The molecule has 0 bridgehead atoms. The standard InChI is InChI=1S/C14H28N2O2S/c1-4-7-14(8-5-2,12(15)19)13(18)16(9-6-3)10-11-17/h17H,4-11H2,1-3H3,(H2,15,19). The number of carbonyl (C=O) groups is 1. The van der Waals surface area contributed by atoms with Gasteiger partial charge in [0, 0.05) is 13.1 Å². The van der Waals surface area contributed by atoms with Gasteiger partial charge in [0.05, 0.1) is 17.0 Å². The minimum atomic E-state index is -0.733. The van der Waals surface area contributed by atoms with Crippen LogP contribution in [-0.2, 0) is 4.79 Å². The van der Waals surface area contributed by atoms with Crippen molar-refractivity contribution in [3.63, 3.8) is 0 Å². The summed E-state index contributed by atoms with van der Waals surface area (Å²) in [5, 5.41) is 9.12. The number of hydrogen-bond donors (Lipinski definition) is 2. The van der Waals surface area contributed by atoms with E-state index in [1.54, 1.807) is 4.90 Å². The Morgan fingerprint density at radius 2 is 1.68 bits per heavy atom. The SMILES string of the molecule is CCCN(CCO)C(=O)C(CCC)(CCC)C(N)=S. The monoisotopic (exact) mass is 288 g/mol. The summed E-state index contributed by atoms with van der Waals surface area (Å²) in [6, 6.07) is 0. The summed E-state index contributed by atoms with van der Waals surface area (Å²) in [6.45, 7) is 7.04. The predicted octanol–water partition coefficient (Wildman–Crippen LogP) is 2.09. The molecule has 0 saturated carbocycles. The van der Waals surface area contributed by atoms with Crippen LogP contribution in [0.15, 0.2) is 0 Å². The van der Waals surface area contributed by atoms with Crippen molar-refractivity contribution < 1.29 is 9.90 Å². The Labute approximate surface area is 122 Å². The van der Waals surface area contributed by atoms with E-state index in [9.17, 15) is 4.79 Å². The van der Waals surface area contributed by atoms with E-state index in [4.69, 9.17) is 23.1 Å². The molecule has 0 spiro atoms. The van der Waals surface area contributed by atoms with Crippen LogP contribution >= 0.6 is 12.2 Å². The van der Waals surface area contributed by atoms with Gasteiger partial charge < -0.3 is 15.7 Å². The van der Waals surface area contributed by atoms with Crippen LogP contribution in [0.5, 0.6) is 0 Å². The van der Waals surface area contributed by atoms with Crippen LogP contribution < -0.4 is 5.73 Å². The molecule has 0 unspecified atom stereocenters. The van der Waals surface area contributed by atoms with Crippen molar-refractivity contribution in [2.75, 3.05) is 19.7 Å². The van der Waals surface area contributed by atoms with Gasteiger partial charge in [-0.3, -0.25) is 4.79 Å². The Morgan fingerprint density at radius 3 is 2.00 bits per heavy atom. The van der Waals surface area contributed by atoms with Crippen LogP contribution in [-0.4, -0.2) is 40.6 Å². The number of hydrogen-bond acceptors (Lipinski definition) is 3. The molecule has 0 atom stereocenters. The van der Waals surface area contributed by atoms with Gasteiger partial charge in [0.2, 0.25) is 5.91 Å². The van der Waals surface area contributed by atoms with Crippen molar-refractivity contribution in [2.45, 2.75) is 52.9 Å². The van der Waals surface area contributed by atoms with E-state index in [1.807, 2.05) is 20.8 Å². The zero-order valence-corrected chi connectivity index (χ0v) is 13.3. The second-order valence-electron chi connectivity index (χ2n) is 4.96. The van der Waals surface area contributed by atoms with Gasteiger partial charge in [-0.1, -0.05) is 45.8 Å². The van der Waals surface area contributed by atoms with E-state index < -0.39 is 5.41 Å². The van der Waals surface area contributed by atoms with E-state index >= 15 is 0 Å². The Hall–Kier alpha value is -0.680. The minimum absolute atomic E-state index is 0.0143. The van der Waals surface area contributed by atoms with Crippen LogP contribution in [0.4, 0.5) is 0 Å². The highest BCUT2D eigenvalue weighted by atomic mass is 32.1. The third-order valence-corrected chi connectivity index (χ3v) is 3.78. The average molecular weight is 288 g/mol. The van der Waals surface area contributed by atoms with Crippen LogP contribution in [0.1, 0.15) is 52.9 Å². The first-order valence-electron chi connectivity index (χ1n) is 7.20. The number of aliphatic hydroxyl groups excluding tert-OH is 1. The van der Waals surface area contributed by atoms with Gasteiger partial charge in [-0.05, 0) is 19.3 Å². The first kappa shape index (κ1) is 18.3. The van der Waals surface area contributed by atoms with Gasteiger partial charge in [0.1, 0.15) is 0 Å². The van der Waals surface area contributed by atoms with Gasteiger partial charge in [-0.25, -0.2) is 0 Å². The Morgan fingerprint density at radius 1 is 1.16 bits per heavy atom. The van der Waals surface area contributed by atoms with Gasteiger partial charge in [-0.15, -0.1) is 0 Å². The summed E-state index contributed by atoms with van der Waals surface area (Å²) in [5.74, 6) is -0.0143. The number of aliphatic hydroxyl groups is 1. The van der Waals surface area contributed by atoms with Crippen molar-refractivity contribution in [1.82, 2.24) is 4.90 Å². The van der Waals surface area contributed by atoms with Crippen molar-refractivity contribution >= 4 is 23.1 Å². The lowest BCUT2D eigenvalue weighted by Crippen LogP contribution is -2.51. The maximum atomic E-state index is 12.8. The van der Waals surface area contributed by atoms with Crippen LogP contribution in [0.3, 0.4) is 0 Å². The second-order valence-corrected chi connectivity index (χ2v) is 5.40. The smallest absolute Gasteiger partial charge is 0.235 e. The Bertz CT molecular complexity index is 283. The molecular formula is C14H28N2O2S. The highest BCUT2D eigenvalue weighted by Crippen LogP contribution is 2.33. The van der Waals surface area contributed by atoms with E-state index in [-0.39, 0.29) is 12.5 Å². The fraction of sp³-hybridized carbons (Fsp3) is 0.857. The number of thiocarbonyl (C=S) groups is 1. The predicted molar refractivity (Wildman–Crippen MR) is 83.0 cm³/mol. The summed E-state index contributed by atoms with van der Waals surface area (Å²) in [4.78, 5) is 14.8. The molecule has 4 nitrogen and oxygen atoms in total. The topological polar surface area (TPSA) is 66.6 Å². The maximum absolute atomic E-state index is 12.8. The Balaban J connectivity index is 5.29. The molecule has 0 aliphatic heterocycles. The molecule has 5 heteroatoms. The van der Waals surface area contributed by atoms with Crippen molar-refractivity contribution in [2.24, 2.45) is 11.1 Å². The van der Waals surface area contributed by atoms with Gasteiger partial charge in [0.25, 0.3) is 0 Å². The summed E-state index contributed by atoms with van der Waals surface area (Å²) < 4.78 is 0. The highest BCUT2D eigenvalue weighted by molar-refractivity contribution is 7.80. The number of carbonyl (C=O) groups excluding carboxylic acids is 1. The minimum Gasteiger partial charge on any atom is -0.395 e. The lowest BCUT2D eigenvalue weighted by atomic mass is 9.77. The van der Waals surface area contributed by atoms with Gasteiger partial charge in [0.15, 0.2) is 0 Å². The van der Waals surface area contributed by atoms with E-state index in [0.29, 0.717) is 30.9 Å². The van der Waals surface area contributed by atoms with Crippen LogP contribution in [0.2, 0.25) is 0 Å². The van der Waals surface area contributed by atoms with E-state index in [2.05, 4.69) is 0 Å². The third kappa shape index (κ3) is 4.73. The third-order valence-electron chi connectivity index (χ3n) is 3.39. The molecule has 0 rings (SSSR count). The molecule has 0 heterocycles. The molecule has 112 valence electrons. The quantitative estimate of drug-likeness (QED) is 0.604. The molecule has 0 saturated heterocycles. The number of nitrogens with zero attached hydrogens (tertiary/aromatic N) is 1. The fourth-order valence-corrected chi connectivity index (χ4v) is 2.84. The normalized spacial score (nSPS) is 11.4. The number of rotatable bonds is 10. The van der Waals surface area contributed by atoms with E-state index in [1.165, 1.54) is 0 Å². The van der Waals surface area contributed by atoms with Gasteiger partial charge >= 0.3 is 0 Å². The fourth-order valence-electron chi connectivity index (χ4n) is 2.55. The maximum Gasteiger partial charge on any atom is 0.235 e. The molecule has 1 amide bonds. The lowest BCUT2D eigenvalue weighted by molar-refractivity contribution is -0.139. The zero-order valence-electron chi connectivity index (χ0n) is 12.4. The Kier molecular flexibility index (Phi) is 8.93. The largest absolute Gasteiger partial charge is 0.395 e. The number of amides is 1. The second kappa shape index (κ2) is 9.26. The van der Waals surface area contributed by atoms with Crippen LogP contribution in [0, 0.1) is 5.41 Å². The first-order chi connectivity index (χ1) is 8.99. The van der Waals surface area contributed by atoms with Crippen molar-refractivity contribution in [1.29, 1.82) is 0 Å². The molecule has 3 N–H and O–H groups in total. The van der Waals surface area contributed by atoms with Crippen molar-refractivity contribution in [3.05, 3.63) is 0 Å². The summed E-state index contributed by atoms with van der Waals surface area (Å²) in [6.07, 6.45) is 3.95. The summed E-state index contributed by atoms with van der Waals surface area (Å²) in [5.41, 5.74) is 5.16.